The number of benzene rings is 1. The van der Waals surface area contributed by atoms with Crippen LogP contribution in [0.5, 0.6) is 0 Å². The fourth-order valence-corrected chi connectivity index (χ4v) is 14.1. The number of hydrogen-bond donors (Lipinski definition) is 0. The Morgan fingerprint density at radius 2 is 1.72 bits per heavy atom. The standard InChI is InChI=1S/C28H43NOSSi/c1-20-21(2)28(24-22-15-11-12-16-23(22)31-25(20)24)19-29(26(3,4)5)32(28,9)18-14-10-13-17-30-27(6,7)8/h11-12,15-16H,10,13-14,17-19H2,1-9H3. The molecule has 0 radical (unpaired) electrons. The first kappa shape index (κ1) is 24.2. The summed E-state index contributed by atoms with van der Waals surface area (Å²) in [5, 5.41) is 1.80. The molecule has 2 atom stereocenters. The maximum Gasteiger partial charge on any atom is 0.141 e. The molecule has 0 N–H and O–H groups in total. The molecule has 2 nitrogen and oxygen atoms in total. The molecule has 1 aliphatic carbocycles. The second-order valence-electron chi connectivity index (χ2n) is 12.3. The summed E-state index contributed by atoms with van der Waals surface area (Å²) in [4.78, 5) is 1.58. The molecule has 1 fully saturated rings. The van der Waals surface area contributed by atoms with Gasteiger partial charge < -0.3 is 9.30 Å². The lowest BCUT2D eigenvalue weighted by Gasteiger charge is -2.68. The van der Waals surface area contributed by atoms with Crippen molar-refractivity contribution in [1.82, 2.24) is 4.57 Å². The van der Waals surface area contributed by atoms with Gasteiger partial charge >= 0.3 is 0 Å². The molecule has 2 unspecified atom stereocenters. The Morgan fingerprint density at radius 3 is 2.38 bits per heavy atom. The molecule has 32 heavy (non-hydrogen) atoms. The first-order chi connectivity index (χ1) is 14.8. The van der Waals surface area contributed by atoms with Gasteiger partial charge in [0.05, 0.1) is 5.60 Å². The van der Waals surface area contributed by atoms with Gasteiger partial charge in [-0.3, -0.25) is 0 Å². The smallest absolute Gasteiger partial charge is 0.141 e. The first-order valence-corrected chi connectivity index (χ1v) is 15.9. The van der Waals surface area contributed by atoms with Gasteiger partial charge in [0.15, 0.2) is 0 Å². The van der Waals surface area contributed by atoms with E-state index in [2.05, 4.69) is 90.8 Å². The van der Waals surface area contributed by atoms with E-state index in [1.807, 2.05) is 11.3 Å². The zero-order valence-corrected chi connectivity index (χ0v) is 23.6. The van der Waals surface area contributed by atoms with E-state index in [0.717, 1.165) is 6.61 Å². The van der Waals surface area contributed by atoms with Crippen LogP contribution in [0.25, 0.3) is 15.7 Å². The molecule has 1 aliphatic heterocycles. The lowest BCUT2D eigenvalue weighted by atomic mass is 9.91. The van der Waals surface area contributed by atoms with E-state index >= 15 is 0 Å². The zero-order valence-electron chi connectivity index (χ0n) is 21.8. The molecule has 2 aliphatic rings. The summed E-state index contributed by atoms with van der Waals surface area (Å²) >= 11 is 2.03. The van der Waals surface area contributed by atoms with Crippen molar-refractivity contribution in [3.8, 4) is 0 Å². The minimum absolute atomic E-state index is 0.0263. The summed E-state index contributed by atoms with van der Waals surface area (Å²) < 4.78 is 10.4. The topological polar surface area (TPSA) is 12.5 Å². The van der Waals surface area contributed by atoms with Crippen LogP contribution in [0.4, 0.5) is 0 Å². The number of ether oxygens (including phenoxy) is 1. The quantitative estimate of drug-likeness (QED) is 0.312. The van der Waals surface area contributed by atoms with Crippen LogP contribution in [0, 0.1) is 0 Å². The largest absolute Gasteiger partial charge is 0.376 e. The highest BCUT2D eigenvalue weighted by atomic mass is 32.1. The number of rotatable bonds is 6. The molecule has 2 aromatic rings. The molecular formula is C28H43NOSSi. The number of nitrogens with zero attached hydrogens (tertiary/aromatic N) is 1. The number of allylic oxidation sites excluding steroid dienone is 1. The molecule has 1 spiro atoms. The van der Waals surface area contributed by atoms with E-state index < -0.39 is 8.24 Å². The van der Waals surface area contributed by atoms with Crippen molar-refractivity contribution in [2.75, 3.05) is 13.2 Å². The highest BCUT2D eigenvalue weighted by Gasteiger charge is 2.69. The number of thiophene rings is 1. The normalized spacial score (nSPS) is 26.3. The van der Waals surface area contributed by atoms with Crippen LogP contribution < -0.4 is 0 Å². The zero-order chi connectivity index (χ0) is 23.5. The van der Waals surface area contributed by atoms with Gasteiger partial charge in [-0.1, -0.05) is 43.2 Å². The van der Waals surface area contributed by atoms with Gasteiger partial charge in [-0.15, -0.1) is 11.3 Å². The number of unbranched alkanes of at least 4 members (excludes halogenated alkanes) is 2. The monoisotopic (exact) mass is 469 g/mol. The van der Waals surface area contributed by atoms with Crippen LogP contribution in [0.3, 0.4) is 0 Å². The van der Waals surface area contributed by atoms with Gasteiger partial charge in [0.25, 0.3) is 0 Å². The van der Waals surface area contributed by atoms with Crippen LogP contribution in [0.15, 0.2) is 29.8 Å². The Morgan fingerprint density at radius 1 is 1.03 bits per heavy atom. The van der Waals surface area contributed by atoms with E-state index in [4.69, 9.17) is 4.74 Å². The Hall–Kier alpha value is -0.943. The van der Waals surface area contributed by atoms with Gasteiger partial charge in [0, 0.05) is 33.3 Å². The van der Waals surface area contributed by atoms with Crippen molar-refractivity contribution in [2.45, 2.75) is 103 Å². The van der Waals surface area contributed by atoms with E-state index in [1.54, 1.807) is 21.6 Å². The average molecular weight is 470 g/mol. The summed E-state index contributed by atoms with van der Waals surface area (Å²) in [5.41, 5.74) is 5.13. The third-order valence-electron chi connectivity index (χ3n) is 8.13. The molecule has 0 bridgehead atoms. The third kappa shape index (κ3) is 3.66. The maximum atomic E-state index is 5.98. The fraction of sp³-hybridized carbons (Fsp3) is 0.643. The SMILES string of the molecule is CC1=C(C)C2(CN(C(C)(C)C)[Si]2(C)CCCCCOC(C)(C)C)c2c1sc1ccccc21. The molecule has 0 saturated carbocycles. The summed E-state index contributed by atoms with van der Waals surface area (Å²) in [5.74, 6) is 0. The molecule has 4 rings (SSSR count). The van der Waals surface area contributed by atoms with Crippen LogP contribution in [0.2, 0.25) is 12.6 Å². The summed E-state index contributed by atoms with van der Waals surface area (Å²) in [6.07, 6.45) is 3.75. The lowest BCUT2D eigenvalue weighted by molar-refractivity contribution is -0.00465. The van der Waals surface area contributed by atoms with E-state index in [9.17, 15) is 0 Å². The summed E-state index contributed by atoms with van der Waals surface area (Å²) in [6.45, 7) is 23.4. The van der Waals surface area contributed by atoms with E-state index in [-0.39, 0.29) is 16.2 Å². The van der Waals surface area contributed by atoms with Gasteiger partial charge in [-0.2, -0.15) is 0 Å². The molecular weight excluding hydrogens is 426 g/mol. The number of hydrogen-bond acceptors (Lipinski definition) is 3. The first-order valence-electron chi connectivity index (χ1n) is 12.4. The van der Waals surface area contributed by atoms with Crippen molar-refractivity contribution in [1.29, 1.82) is 0 Å². The second kappa shape index (κ2) is 8.08. The third-order valence-corrected chi connectivity index (χ3v) is 15.4. The molecule has 0 amide bonds. The fourth-order valence-electron chi connectivity index (χ4n) is 6.46. The van der Waals surface area contributed by atoms with Crippen molar-refractivity contribution in [2.24, 2.45) is 0 Å². The summed E-state index contributed by atoms with van der Waals surface area (Å²) in [7, 11) is -1.77. The lowest BCUT2D eigenvalue weighted by Crippen LogP contribution is -2.82. The summed E-state index contributed by atoms with van der Waals surface area (Å²) in [6, 6.07) is 10.5. The predicted molar refractivity (Wildman–Crippen MR) is 144 cm³/mol. The molecule has 176 valence electrons. The Labute approximate surface area is 201 Å². The minimum atomic E-state index is -1.77. The Kier molecular flexibility index (Phi) is 6.10. The Bertz CT molecular complexity index is 1040. The highest BCUT2D eigenvalue weighted by molar-refractivity contribution is 7.20. The van der Waals surface area contributed by atoms with Crippen molar-refractivity contribution in [3.05, 3.63) is 40.3 Å². The van der Waals surface area contributed by atoms with Crippen LogP contribution in [-0.2, 0) is 9.78 Å². The minimum Gasteiger partial charge on any atom is -0.376 e. The molecule has 1 aromatic heterocycles. The van der Waals surface area contributed by atoms with Gasteiger partial charge in [0.2, 0.25) is 0 Å². The second-order valence-corrected chi connectivity index (χ2v) is 17.8. The molecule has 2 heterocycles. The maximum absolute atomic E-state index is 5.98. The van der Waals surface area contributed by atoms with Crippen molar-refractivity contribution < 1.29 is 4.74 Å². The van der Waals surface area contributed by atoms with E-state index in [1.165, 1.54) is 41.9 Å². The van der Waals surface area contributed by atoms with Gasteiger partial charge in [0.1, 0.15) is 8.24 Å². The average Bonchev–Trinajstić information content (AvgIpc) is 3.16. The van der Waals surface area contributed by atoms with Gasteiger partial charge in [-0.25, -0.2) is 0 Å². The van der Waals surface area contributed by atoms with Crippen LogP contribution >= 0.6 is 11.3 Å². The molecule has 4 heteroatoms. The van der Waals surface area contributed by atoms with Crippen molar-refractivity contribution in [3.63, 3.8) is 0 Å². The predicted octanol–water partition coefficient (Wildman–Crippen LogP) is 8.16. The molecule has 1 aromatic carbocycles. The van der Waals surface area contributed by atoms with Crippen molar-refractivity contribution >= 4 is 35.2 Å². The van der Waals surface area contributed by atoms with E-state index in [0.29, 0.717) is 0 Å². The number of fused-ring (bicyclic) bond motifs is 4. The molecule has 1 saturated heterocycles. The highest BCUT2D eigenvalue weighted by Crippen LogP contribution is 2.64. The van der Waals surface area contributed by atoms with Gasteiger partial charge in [-0.05, 0) is 90.4 Å². The van der Waals surface area contributed by atoms with Crippen LogP contribution in [0.1, 0.15) is 85.1 Å². The van der Waals surface area contributed by atoms with Crippen LogP contribution in [-0.4, -0.2) is 37.1 Å². The Balaban J connectivity index is 1.65.